The van der Waals surface area contributed by atoms with Crippen LogP contribution in [0.15, 0.2) is 29.2 Å². The number of nitrogens with zero attached hydrogens (tertiary/aromatic N) is 1. The van der Waals surface area contributed by atoms with Gasteiger partial charge in [-0.3, -0.25) is 0 Å². The van der Waals surface area contributed by atoms with E-state index in [1.165, 1.54) is 4.90 Å². The maximum absolute atomic E-state index is 8.94. The molecule has 1 aromatic carbocycles. The van der Waals surface area contributed by atoms with Crippen LogP contribution in [0.5, 0.6) is 0 Å². The summed E-state index contributed by atoms with van der Waals surface area (Å²) in [7, 11) is 0. The first-order valence-corrected chi connectivity index (χ1v) is 7.30. The van der Waals surface area contributed by atoms with Gasteiger partial charge in [0.2, 0.25) is 0 Å². The number of hydrogen-bond donors (Lipinski definition) is 1. The smallest absolute Gasteiger partial charge is 0.0683 e. The summed E-state index contributed by atoms with van der Waals surface area (Å²) in [6.07, 6.45) is 3.20. The molecule has 1 N–H and O–H groups in total. The average molecular weight is 263 g/mol. The van der Waals surface area contributed by atoms with Crippen LogP contribution in [-0.4, -0.2) is 10.9 Å². The van der Waals surface area contributed by atoms with Gasteiger partial charge in [0.05, 0.1) is 18.1 Å². The summed E-state index contributed by atoms with van der Waals surface area (Å²) in [4.78, 5) is 1.24. The molecule has 0 unspecified atom stereocenters. The molecule has 3 heteroatoms. The second-order valence-corrected chi connectivity index (χ2v) is 6.27. The topological polar surface area (TPSA) is 44.0 Å². The summed E-state index contributed by atoms with van der Waals surface area (Å²) in [5.74, 6) is 1.08. The Labute approximate surface area is 114 Å². The van der Waals surface area contributed by atoms with Crippen molar-refractivity contribution < 1.29 is 5.11 Å². The molecule has 2 nitrogen and oxygen atoms in total. The molecule has 0 saturated heterocycles. The number of aliphatic hydroxyl groups excluding tert-OH is 1. The number of hydrogen-bond acceptors (Lipinski definition) is 3. The highest BCUT2D eigenvalue weighted by atomic mass is 32.2. The number of thioether (sulfide) groups is 1. The lowest BCUT2D eigenvalue weighted by molar-refractivity contribution is 0.282. The van der Waals surface area contributed by atoms with Gasteiger partial charge in [0, 0.05) is 4.90 Å². The predicted octanol–water partition coefficient (Wildman–Crippen LogP) is 3.99. The van der Waals surface area contributed by atoms with E-state index in [4.69, 9.17) is 10.4 Å². The Bertz CT molecular complexity index is 392. The highest BCUT2D eigenvalue weighted by Crippen LogP contribution is 2.24. The molecule has 0 fully saturated rings. The van der Waals surface area contributed by atoms with Crippen molar-refractivity contribution in [1.82, 2.24) is 0 Å². The minimum absolute atomic E-state index is 0.105. The third-order valence-electron chi connectivity index (χ3n) is 2.87. The lowest BCUT2D eigenvalue weighted by Crippen LogP contribution is -2.07. The van der Waals surface area contributed by atoms with Crippen molar-refractivity contribution in [2.24, 2.45) is 5.41 Å². The van der Waals surface area contributed by atoms with Crippen LogP contribution in [-0.2, 0) is 6.61 Å². The van der Waals surface area contributed by atoms with Gasteiger partial charge in [-0.05, 0) is 50.1 Å². The van der Waals surface area contributed by atoms with Crippen molar-refractivity contribution >= 4 is 11.8 Å². The van der Waals surface area contributed by atoms with E-state index in [1.54, 1.807) is 0 Å². The van der Waals surface area contributed by atoms with E-state index in [0.29, 0.717) is 0 Å². The number of benzene rings is 1. The van der Waals surface area contributed by atoms with Crippen molar-refractivity contribution in [2.45, 2.75) is 44.6 Å². The highest BCUT2D eigenvalue weighted by molar-refractivity contribution is 7.99. The lowest BCUT2D eigenvalue weighted by Gasteiger charge is -2.14. The van der Waals surface area contributed by atoms with Gasteiger partial charge >= 0.3 is 0 Å². The third-order valence-corrected chi connectivity index (χ3v) is 3.97. The summed E-state index contributed by atoms with van der Waals surface area (Å²) in [6.45, 7) is 4.09. The molecule has 0 saturated carbocycles. The van der Waals surface area contributed by atoms with Crippen LogP contribution < -0.4 is 0 Å². The summed E-state index contributed by atoms with van der Waals surface area (Å²) in [5.41, 5.74) is 0.767. The Hall–Kier alpha value is -0.980. The molecule has 0 amide bonds. The van der Waals surface area contributed by atoms with Gasteiger partial charge in [-0.2, -0.15) is 5.26 Å². The lowest BCUT2D eigenvalue weighted by atomic mass is 9.89. The van der Waals surface area contributed by atoms with Gasteiger partial charge in [-0.25, -0.2) is 0 Å². The fraction of sp³-hybridized carbons (Fsp3) is 0.533. The molecule has 1 aromatic rings. The highest BCUT2D eigenvalue weighted by Gasteiger charge is 2.15. The van der Waals surface area contributed by atoms with Crippen LogP contribution in [0.25, 0.3) is 0 Å². The Balaban J connectivity index is 2.20. The minimum Gasteiger partial charge on any atom is -0.392 e. The van der Waals surface area contributed by atoms with E-state index < -0.39 is 0 Å². The Morgan fingerprint density at radius 2 is 1.89 bits per heavy atom. The van der Waals surface area contributed by atoms with E-state index in [9.17, 15) is 0 Å². The zero-order valence-corrected chi connectivity index (χ0v) is 12.0. The molecule has 98 valence electrons. The summed E-state index contributed by atoms with van der Waals surface area (Å²) in [5, 5.41) is 17.8. The molecule has 0 aliphatic rings. The monoisotopic (exact) mass is 263 g/mol. The Kier molecular flexibility index (Phi) is 6.24. The Morgan fingerprint density at radius 1 is 1.22 bits per heavy atom. The zero-order valence-electron chi connectivity index (χ0n) is 11.1. The maximum atomic E-state index is 8.94. The quantitative estimate of drug-likeness (QED) is 0.597. The van der Waals surface area contributed by atoms with Crippen LogP contribution in [0.2, 0.25) is 0 Å². The van der Waals surface area contributed by atoms with E-state index in [0.717, 1.165) is 30.6 Å². The van der Waals surface area contributed by atoms with Gasteiger partial charge in [-0.1, -0.05) is 18.6 Å². The first-order valence-electron chi connectivity index (χ1n) is 6.31. The maximum Gasteiger partial charge on any atom is 0.0683 e. The predicted molar refractivity (Wildman–Crippen MR) is 76.3 cm³/mol. The third kappa shape index (κ3) is 5.57. The first-order chi connectivity index (χ1) is 8.57. The largest absolute Gasteiger partial charge is 0.392 e. The number of aliphatic hydroxyl groups is 1. The fourth-order valence-electron chi connectivity index (χ4n) is 1.61. The normalized spacial score (nSPS) is 11.2. The van der Waals surface area contributed by atoms with Crippen molar-refractivity contribution in [3.63, 3.8) is 0 Å². The van der Waals surface area contributed by atoms with Crippen molar-refractivity contribution in [3.8, 4) is 6.07 Å². The van der Waals surface area contributed by atoms with E-state index >= 15 is 0 Å². The van der Waals surface area contributed by atoms with E-state index in [2.05, 4.69) is 18.2 Å². The number of unbranched alkanes of at least 4 members (excludes halogenated alkanes) is 1. The van der Waals surface area contributed by atoms with Crippen molar-refractivity contribution in [3.05, 3.63) is 29.8 Å². The van der Waals surface area contributed by atoms with Crippen LogP contribution in [0, 0.1) is 16.7 Å². The molecule has 0 aliphatic carbocycles. The summed E-state index contributed by atoms with van der Waals surface area (Å²) < 4.78 is 0. The van der Waals surface area contributed by atoms with Crippen LogP contribution in [0.1, 0.15) is 38.7 Å². The molecule has 0 radical (unpaired) electrons. The van der Waals surface area contributed by atoms with Crippen LogP contribution >= 0.6 is 11.8 Å². The SMILES string of the molecule is CC(C)(C#N)CCCCSc1ccc(CO)cc1. The van der Waals surface area contributed by atoms with Gasteiger partial charge in [-0.15, -0.1) is 11.8 Å². The number of rotatable bonds is 7. The molecular weight excluding hydrogens is 242 g/mol. The molecular formula is C15H21NOS. The number of nitriles is 1. The molecule has 1 rings (SSSR count). The van der Waals surface area contributed by atoms with E-state index in [1.807, 2.05) is 37.7 Å². The van der Waals surface area contributed by atoms with Gasteiger partial charge in [0.25, 0.3) is 0 Å². The van der Waals surface area contributed by atoms with Crippen LogP contribution in [0.3, 0.4) is 0 Å². The molecule has 18 heavy (non-hydrogen) atoms. The first kappa shape index (κ1) is 15.1. The minimum atomic E-state index is -0.187. The molecule has 0 spiro atoms. The molecule has 0 aliphatic heterocycles. The van der Waals surface area contributed by atoms with Gasteiger partial charge in [0.1, 0.15) is 0 Å². The van der Waals surface area contributed by atoms with Crippen LogP contribution in [0.4, 0.5) is 0 Å². The molecule has 0 atom stereocenters. The fourth-order valence-corrected chi connectivity index (χ4v) is 2.52. The zero-order chi connectivity index (χ0) is 13.4. The molecule has 0 heterocycles. The van der Waals surface area contributed by atoms with Gasteiger partial charge < -0.3 is 5.11 Å². The second kappa shape index (κ2) is 7.45. The summed E-state index contributed by atoms with van der Waals surface area (Å²) in [6, 6.07) is 10.4. The van der Waals surface area contributed by atoms with Crippen molar-refractivity contribution in [2.75, 3.05) is 5.75 Å². The standard InChI is InChI=1S/C15H21NOS/c1-15(2,12-16)9-3-4-10-18-14-7-5-13(11-17)6-8-14/h5-8,17H,3-4,9-11H2,1-2H3. The second-order valence-electron chi connectivity index (χ2n) is 5.10. The Morgan fingerprint density at radius 3 is 2.44 bits per heavy atom. The van der Waals surface area contributed by atoms with Crippen molar-refractivity contribution in [1.29, 1.82) is 5.26 Å². The van der Waals surface area contributed by atoms with Gasteiger partial charge in [0.15, 0.2) is 0 Å². The molecule has 0 bridgehead atoms. The molecule has 0 aromatic heterocycles. The average Bonchev–Trinajstić information content (AvgIpc) is 2.39. The van der Waals surface area contributed by atoms with E-state index in [-0.39, 0.29) is 12.0 Å². The summed E-state index contributed by atoms with van der Waals surface area (Å²) >= 11 is 1.83.